The Hall–Kier alpha value is -3.47. The molecular weight excluding hydrogens is 340 g/mol. The zero-order valence-corrected chi connectivity index (χ0v) is 14.6. The summed E-state index contributed by atoms with van der Waals surface area (Å²) in [6.45, 7) is 0.708. The number of fused-ring (bicyclic) bond motifs is 2. The van der Waals surface area contributed by atoms with Gasteiger partial charge in [-0.2, -0.15) is 0 Å². The van der Waals surface area contributed by atoms with Gasteiger partial charge in [-0.3, -0.25) is 4.79 Å². The molecule has 27 heavy (non-hydrogen) atoms. The third kappa shape index (κ3) is 2.77. The SMILES string of the molecule is O=C1c2ccccc2N[C@@H](c2ccccc2)N1Cc1ccc2c(c1)OCO2. The van der Waals surface area contributed by atoms with Crippen molar-refractivity contribution in [3.8, 4) is 11.5 Å². The van der Waals surface area contributed by atoms with E-state index < -0.39 is 0 Å². The lowest BCUT2D eigenvalue weighted by atomic mass is 10.0. The monoisotopic (exact) mass is 358 g/mol. The molecule has 1 amide bonds. The first-order valence-corrected chi connectivity index (χ1v) is 8.89. The molecule has 0 saturated carbocycles. The molecule has 0 aliphatic carbocycles. The van der Waals surface area contributed by atoms with Crippen LogP contribution in [0.4, 0.5) is 5.69 Å². The third-order valence-corrected chi connectivity index (χ3v) is 4.93. The minimum absolute atomic E-state index is 0.0101. The van der Waals surface area contributed by atoms with Gasteiger partial charge in [-0.1, -0.05) is 48.5 Å². The second kappa shape index (κ2) is 6.36. The molecule has 5 nitrogen and oxygen atoms in total. The van der Waals surface area contributed by atoms with Crippen molar-refractivity contribution in [2.75, 3.05) is 12.1 Å². The van der Waals surface area contributed by atoms with Gasteiger partial charge >= 0.3 is 0 Å². The van der Waals surface area contributed by atoms with Crippen LogP contribution < -0.4 is 14.8 Å². The summed E-state index contributed by atoms with van der Waals surface area (Å²) in [4.78, 5) is 15.1. The lowest BCUT2D eigenvalue weighted by molar-refractivity contribution is 0.0666. The molecule has 1 atom stereocenters. The maximum Gasteiger partial charge on any atom is 0.258 e. The summed E-state index contributed by atoms with van der Waals surface area (Å²) >= 11 is 0. The van der Waals surface area contributed by atoms with Gasteiger partial charge < -0.3 is 19.7 Å². The zero-order chi connectivity index (χ0) is 18.2. The Morgan fingerprint density at radius 3 is 2.59 bits per heavy atom. The minimum atomic E-state index is -0.237. The number of nitrogens with zero attached hydrogens (tertiary/aromatic N) is 1. The van der Waals surface area contributed by atoms with Crippen LogP contribution in [0.3, 0.4) is 0 Å². The number of amides is 1. The van der Waals surface area contributed by atoms with Gasteiger partial charge in [0, 0.05) is 12.2 Å². The molecule has 3 aromatic carbocycles. The van der Waals surface area contributed by atoms with Gasteiger partial charge in [0.2, 0.25) is 6.79 Å². The molecule has 134 valence electrons. The first-order valence-electron chi connectivity index (χ1n) is 8.89. The van der Waals surface area contributed by atoms with Crippen molar-refractivity contribution in [2.45, 2.75) is 12.7 Å². The third-order valence-electron chi connectivity index (χ3n) is 4.93. The fourth-order valence-electron chi connectivity index (χ4n) is 3.59. The van der Waals surface area contributed by atoms with Crippen molar-refractivity contribution in [3.05, 3.63) is 89.5 Å². The summed E-state index contributed by atoms with van der Waals surface area (Å²) < 4.78 is 10.9. The lowest BCUT2D eigenvalue weighted by Gasteiger charge is -2.38. The summed E-state index contributed by atoms with van der Waals surface area (Å²) in [5, 5.41) is 3.52. The predicted octanol–water partition coefficient (Wildman–Crippen LogP) is 4.18. The number of para-hydroxylation sites is 1. The molecule has 5 heteroatoms. The first kappa shape index (κ1) is 15.8. The highest BCUT2D eigenvalue weighted by molar-refractivity contribution is 6.01. The number of anilines is 1. The van der Waals surface area contributed by atoms with Crippen molar-refractivity contribution in [1.29, 1.82) is 0 Å². The van der Waals surface area contributed by atoms with Crippen LogP contribution in [0.5, 0.6) is 11.5 Å². The van der Waals surface area contributed by atoms with Crippen LogP contribution in [-0.2, 0) is 6.54 Å². The van der Waals surface area contributed by atoms with E-state index in [1.807, 2.05) is 77.7 Å². The van der Waals surface area contributed by atoms with Gasteiger partial charge in [0.1, 0.15) is 6.17 Å². The van der Waals surface area contributed by atoms with Crippen LogP contribution in [-0.4, -0.2) is 17.6 Å². The molecule has 0 fully saturated rings. The Balaban J connectivity index is 1.53. The maximum atomic E-state index is 13.3. The van der Waals surface area contributed by atoms with Crippen molar-refractivity contribution in [2.24, 2.45) is 0 Å². The highest BCUT2D eigenvalue weighted by Gasteiger charge is 2.33. The number of carbonyl (C=O) groups is 1. The van der Waals surface area contributed by atoms with Gasteiger partial charge in [0.25, 0.3) is 5.91 Å². The van der Waals surface area contributed by atoms with E-state index in [4.69, 9.17) is 9.47 Å². The number of nitrogens with one attached hydrogen (secondary N) is 1. The average molecular weight is 358 g/mol. The Kier molecular flexibility index (Phi) is 3.71. The van der Waals surface area contributed by atoms with Gasteiger partial charge in [-0.05, 0) is 35.4 Å². The van der Waals surface area contributed by atoms with E-state index in [2.05, 4.69) is 5.32 Å². The number of hydrogen-bond acceptors (Lipinski definition) is 4. The van der Waals surface area contributed by atoms with Gasteiger partial charge in [-0.15, -0.1) is 0 Å². The topological polar surface area (TPSA) is 50.8 Å². The molecule has 0 spiro atoms. The Bertz CT molecular complexity index is 1000. The van der Waals surface area contributed by atoms with Crippen LogP contribution in [0.1, 0.15) is 27.7 Å². The molecule has 2 heterocycles. The molecule has 0 saturated heterocycles. The fraction of sp³-hybridized carbons (Fsp3) is 0.136. The number of ether oxygens (including phenoxy) is 2. The Morgan fingerprint density at radius 2 is 1.70 bits per heavy atom. The Morgan fingerprint density at radius 1 is 0.926 bits per heavy atom. The van der Waals surface area contributed by atoms with E-state index >= 15 is 0 Å². The summed E-state index contributed by atoms with van der Waals surface area (Å²) in [5.74, 6) is 1.48. The molecule has 1 N–H and O–H groups in total. The van der Waals surface area contributed by atoms with Crippen LogP contribution in [0.25, 0.3) is 0 Å². The average Bonchev–Trinajstić information content (AvgIpc) is 3.18. The number of benzene rings is 3. The molecule has 0 radical (unpaired) electrons. The van der Waals surface area contributed by atoms with Crippen LogP contribution in [0, 0.1) is 0 Å². The highest BCUT2D eigenvalue weighted by atomic mass is 16.7. The van der Waals surface area contributed by atoms with Crippen molar-refractivity contribution >= 4 is 11.6 Å². The van der Waals surface area contributed by atoms with Crippen LogP contribution in [0.15, 0.2) is 72.8 Å². The maximum absolute atomic E-state index is 13.3. The van der Waals surface area contributed by atoms with E-state index in [0.717, 1.165) is 28.3 Å². The van der Waals surface area contributed by atoms with Crippen LogP contribution in [0.2, 0.25) is 0 Å². The van der Waals surface area contributed by atoms with Crippen LogP contribution >= 0.6 is 0 Å². The fourth-order valence-corrected chi connectivity index (χ4v) is 3.59. The van der Waals surface area contributed by atoms with Crippen molar-refractivity contribution in [1.82, 2.24) is 4.90 Å². The summed E-state index contributed by atoms with van der Waals surface area (Å²) in [7, 11) is 0. The number of carbonyl (C=O) groups excluding carboxylic acids is 1. The molecular formula is C22H18N2O3. The van der Waals surface area contributed by atoms with Gasteiger partial charge in [0.05, 0.1) is 5.56 Å². The Labute approximate surface area is 157 Å². The first-order chi connectivity index (χ1) is 13.3. The zero-order valence-electron chi connectivity index (χ0n) is 14.6. The standard InChI is InChI=1S/C22H18N2O3/c25-22-17-8-4-5-9-18(17)23-21(16-6-2-1-3-7-16)24(22)13-15-10-11-19-20(12-15)27-14-26-19/h1-12,21,23H,13-14H2/t21-/m1/s1. The number of rotatable bonds is 3. The quantitative estimate of drug-likeness (QED) is 0.763. The van der Waals surface area contributed by atoms with E-state index in [9.17, 15) is 4.79 Å². The van der Waals surface area contributed by atoms with Gasteiger partial charge in [-0.25, -0.2) is 0 Å². The number of hydrogen-bond donors (Lipinski definition) is 1. The molecule has 3 aromatic rings. The summed E-state index contributed by atoms with van der Waals surface area (Å²) in [6.07, 6.45) is -0.237. The van der Waals surface area contributed by atoms with E-state index in [-0.39, 0.29) is 18.9 Å². The molecule has 0 aromatic heterocycles. The molecule has 0 bridgehead atoms. The summed E-state index contributed by atoms with van der Waals surface area (Å²) in [5.41, 5.74) is 3.58. The van der Waals surface area contributed by atoms with Gasteiger partial charge in [0.15, 0.2) is 11.5 Å². The largest absolute Gasteiger partial charge is 0.454 e. The smallest absolute Gasteiger partial charge is 0.258 e. The van der Waals surface area contributed by atoms with E-state index in [1.165, 1.54) is 0 Å². The molecule has 5 rings (SSSR count). The predicted molar refractivity (Wildman–Crippen MR) is 102 cm³/mol. The van der Waals surface area contributed by atoms with E-state index in [0.29, 0.717) is 12.1 Å². The normalized spacial score (nSPS) is 17.4. The second-order valence-electron chi connectivity index (χ2n) is 6.62. The molecule has 0 unspecified atom stereocenters. The minimum Gasteiger partial charge on any atom is -0.454 e. The summed E-state index contributed by atoms with van der Waals surface area (Å²) in [6, 6.07) is 23.5. The lowest BCUT2D eigenvalue weighted by Crippen LogP contribution is -2.42. The van der Waals surface area contributed by atoms with E-state index in [1.54, 1.807) is 0 Å². The molecule has 2 aliphatic rings. The van der Waals surface area contributed by atoms with Crippen molar-refractivity contribution in [3.63, 3.8) is 0 Å². The second-order valence-corrected chi connectivity index (χ2v) is 6.62. The highest BCUT2D eigenvalue weighted by Crippen LogP contribution is 2.36. The van der Waals surface area contributed by atoms with Crippen molar-refractivity contribution < 1.29 is 14.3 Å². The molecule has 2 aliphatic heterocycles.